The summed E-state index contributed by atoms with van der Waals surface area (Å²) in [6.45, 7) is 0.0932. The summed E-state index contributed by atoms with van der Waals surface area (Å²) in [5.74, 6) is 0.0612. The lowest BCUT2D eigenvalue weighted by Gasteiger charge is -2.30. The molecule has 0 saturated carbocycles. The van der Waals surface area contributed by atoms with E-state index in [1.54, 1.807) is 0 Å². The molecule has 0 amide bonds. The van der Waals surface area contributed by atoms with Gasteiger partial charge in [0.25, 0.3) is 0 Å². The minimum atomic E-state index is -3.31. The van der Waals surface area contributed by atoms with E-state index in [1.165, 1.54) is 11.1 Å². The Bertz CT molecular complexity index is 470. The Labute approximate surface area is 95.4 Å². The summed E-state index contributed by atoms with van der Waals surface area (Å²) in [4.78, 5) is 0. The van der Waals surface area contributed by atoms with Gasteiger partial charge in [-0.15, -0.1) is 0 Å². The van der Waals surface area contributed by atoms with Crippen molar-refractivity contribution in [1.29, 1.82) is 0 Å². The lowest BCUT2D eigenvalue weighted by molar-refractivity contribution is 0.319. The second kappa shape index (κ2) is 4.53. The second-order valence-electron chi connectivity index (χ2n) is 3.99. The van der Waals surface area contributed by atoms with Crippen molar-refractivity contribution in [3.63, 3.8) is 0 Å². The highest BCUT2D eigenvalue weighted by Crippen LogP contribution is 2.34. The molecule has 0 fully saturated rings. The first-order valence-electron chi connectivity index (χ1n) is 5.28. The largest absolute Gasteiger partial charge is 0.395 e. The fraction of sp³-hybridized carbons (Fsp3) is 0.455. The Morgan fingerprint density at radius 2 is 2.12 bits per heavy atom. The number of benzene rings is 1. The van der Waals surface area contributed by atoms with Gasteiger partial charge in [0.2, 0.25) is 10.0 Å². The molecule has 1 atom stereocenters. The molecular weight excluding hydrogens is 226 g/mol. The van der Waals surface area contributed by atoms with Crippen LogP contribution in [0.25, 0.3) is 0 Å². The monoisotopic (exact) mass is 241 g/mol. The molecule has 2 N–H and O–H groups in total. The molecule has 1 aromatic carbocycles. The van der Waals surface area contributed by atoms with Crippen LogP contribution in [-0.2, 0) is 16.4 Å². The Balaban J connectivity index is 1.91. The Morgan fingerprint density at radius 3 is 2.81 bits per heavy atom. The van der Waals surface area contributed by atoms with Gasteiger partial charge in [-0.3, -0.25) is 0 Å². The van der Waals surface area contributed by atoms with Crippen LogP contribution in [0.3, 0.4) is 0 Å². The molecule has 2 rings (SSSR count). The van der Waals surface area contributed by atoms with Gasteiger partial charge < -0.3 is 5.11 Å². The first kappa shape index (κ1) is 11.6. The summed E-state index contributed by atoms with van der Waals surface area (Å²) in [5.41, 5.74) is 2.53. The molecule has 16 heavy (non-hydrogen) atoms. The van der Waals surface area contributed by atoms with Gasteiger partial charge in [0.05, 0.1) is 12.4 Å². The summed E-state index contributed by atoms with van der Waals surface area (Å²) < 4.78 is 25.1. The molecule has 1 aromatic rings. The highest BCUT2D eigenvalue weighted by atomic mass is 32.2. The molecule has 0 aromatic heterocycles. The van der Waals surface area contributed by atoms with Gasteiger partial charge in [0.1, 0.15) is 0 Å². The van der Waals surface area contributed by atoms with Gasteiger partial charge in [-0.25, -0.2) is 13.1 Å². The number of hydrogen-bond acceptors (Lipinski definition) is 3. The van der Waals surface area contributed by atoms with Crippen molar-refractivity contribution in [2.24, 2.45) is 0 Å². The number of fused-ring (bicyclic) bond motifs is 1. The summed E-state index contributed by atoms with van der Waals surface area (Å²) in [5, 5.41) is 8.58. The van der Waals surface area contributed by atoms with Crippen molar-refractivity contribution >= 4 is 10.0 Å². The zero-order chi connectivity index (χ0) is 11.6. The van der Waals surface area contributed by atoms with E-state index < -0.39 is 10.0 Å². The van der Waals surface area contributed by atoms with E-state index in [4.69, 9.17) is 5.11 Å². The predicted molar refractivity (Wildman–Crippen MR) is 61.8 cm³/mol. The van der Waals surface area contributed by atoms with E-state index in [-0.39, 0.29) is 18.3 Å². The number of nitrogens with one attached hydrogen (secondary N) is 1. The lowest BCUT2D eigenvalue weighted by Crippen LogP contribution is -2.35. The quantitative estimate of drug-likeness (QED) is 0.776. The van der Waals surface area contributed by atoms with Crippen LogP contribution in [0, 0.1) is 0 Å². The van der Waals surface area contributed by atoms with Crippen molar-refractivity contribution < 1.29 is 13.5 Å². The predicted octanol–water partition coefficient (Wildman–Crippen LogP) is 0.238. The zero-order valence-corrected chi connectivity index (χ0v) is 9.70. The molecule has 0 saturated heterocycles. The van der Waals surface area contributed by atoms with E-state index in [1.807, 2.05) is 18.2 Å². The second-order valence-corrected chi connectivity index (χ2v) is 5.92. The minimum Gasteiger partial charge on any atom is -0.395 e. The summed E-state index contributed by atoms with van der Waals surface area (Å²) in [7, 11) is -3.31. The third-order valence-corrected chi connectivity index (χ3v) is 4.20. The SMILES string of the molecule is O=S(=O)(CCO)NCC1Cc2ccccc21. The highest BCUT2D eigenvalue weighted by molar-refractivity contribution is 7.89. The molecule has 1 aliphatic rings. The van der Waals surface area contributed by atoms with Crippen molar-refractivity contribution in [3.8, 4) is 0 Å². The summed E-state index contributed by atoms with van der Waals surface area (Å²) >= 11 is 0. The van der Waals surface area contributed by atoms with E-state index in [2.05, 4.69) is 10.8 Å². The molecule has 1 aliphatic carbocycles. The van der Waals surface area contributed by atoms with E-state index >= 15 is 0 Å². The van der Waals surface area contributed by atoms with Crippen LogP contribution in [-0.4, -0.2) is 32.4 Å². The number of hydrogen-bond donors (Lipinski definition) is 2. The molecule has 0 spiro atoms. The van der Waals surface area contributed by atoms with Gasteiger partial charge in [-0.2, -0.15) is 0 Å². The maximum Gasteiger partial charge on any atom is 0.213 e. The van der Waals surface area contributed by atoms with Gasteiger partial charge in [-0.1, -0.05) is 24.3 Å². The summed E-state index contributed by atoms with van der Waals surface area (Å²) in [6.07, 6.45) is 0.928. The third-order valence-electron chi connectivity index (χ3n) is 2.87. The topological polar surface area (TPSA) is 66.4 Å². The fourth-order valence-electron chi connectivity index (χ4n) is 1.96. The van der Waals surface area contributed by atoms with E-state index in [0.29, 0.717) is 6.54 Å². The van der Waals surface area contributed by atoms with Crippen LogP contribution in [0.2, 0.25) is 0 Å². The Morgan fingerprint density at radius 1 is 1.38 bits per heavy atom. The number of rotatable bonds is 5. The van der Waals surface area contributed by atoms with Gasteiger partial charge in [0.15, 0.2) is 0 Å². The van der Waals surface area contributed by atoms with Crippen molar-refractivity contribution in [2.45, 2.75) is 12.3 Å². The Hall–Kier alpha value is -0.910. The molecule has 0 heterocycles. The van der Waals surface area contributed by atoms with Crippen molar-refractivity contribution in [3.05, 3.63) is 35.4 Å². The third kappa shape index (κ3) is 2.42. The number of aliphatic hydroxyl groups excluding tert-OH is 1. The molecule has 0 radical (unpaired) electrons. The van der Waals surface area contributed by atoms with Gasteiger partial charge >= 0.3 is 0 Å². The first-order chi connectivity index (χ1) is 7.62. The normalized spacial score (nSPS) is 18.9. The fourth-order valence-corrected chi connectivity index (χ4v) is 2.80. The first-order valence-corrected chi connectivity index (χ1v) is 6.93. The smallest absolute Gasteiger partial charge is 0.213 e. The number of aliphatic hydroxyl groups is 1. The molecule has 5 heteroatoms. The van der Waals surface area contributed by atoms with E-state index in [0.717, 1.165) is 6.42 Å². The molecule has 1 unspecified atom stereocenters. The number of sulfonamides is 1. The van der Waals surface area contributed by atoms with Gasteiger partial charge in [0, 0.05) is 12.5 Å². The van der Waals surface area contributed by atoms with Crippen molar-refractivity contribution in [1.82, 2.24) is 4.72 Å². The van der Waals surface area contributed by atoms with Crippen LogP contribution in [0.4, 0.5) is 0 Å². The minimum absolute atomic E-state index is 0.221. The summed E-state index contributed by atoms with van der Waals surface area (Å²) in [6, 6.07) is 8.05. The van der Waals surface area contributed by atoms with Crippen LogP contribution < -0.4 is 4.72 Å². The van der Waals surface area contributed by atoms with Crippen LogP contribution in [0.5, 0.6) is 0 Å². The van der Waals surface area contributed by atoms with Gasteiger partial charge in [-0.05, 0) is 17.5 Å². The zero-order valence-electron chi connectivity index (χ0n) is 8.89. The molecular formula is C11H15NO3S. The average Bonchev–Trinajstić information content (AvgIpc) is 2.19. The van der Waals surface area contributed by atoms with Crippen LogP contribution in [0.1, 0.15) is 17.0 Å². The Kier molecular flexibility index (Phi) is 3.28. The van der Waals surface area contributed by atoms with E-state index in [9.17, 15) is 8.42 Å². The average molecular weight is 241 g/mol. The standard InChI is InChI=1S/C11H15NO3S/c13-5-6-16(14,15)12-8-10-7-9-3-1-2-4-11(9)10/h1-4,10,12-13H,5-8H2. The molecule has 0 bridgehead atoms. The molecule has 88 valence electrons. The lowest BCUT2D eigenvalue weighted by atomic mass is 9.78. The maximum absolute atomic E-state index is 11.3. The van der Waals surface area contributed by atoms with Crippen LogP contribution >= 0.6 is 0 Å². The highest BCUT2D eigenvalue weighted by Gasteiger charge is 2.26. The van der Waals surface area contributed by atoms with Crippen LogP contribution in [0.15, 0.2) is 24.3 Å². The van der Waals surface area contributed by atoms with Crippen molar-refractivity contribution in [2.75, 3.05) is 18.9 Å². The molecule has 0 aliphatic heterocycles. The molecule has 4 nitrogen and oxygen atoms in total. The maximum atomic E-state index is 11.3.